The third kappa shape index (κ3) is 5.50. The van der Waals surface area contributed by atoms with E-state index < -0.39 is 15.6 Å². The van der Waals surface area contributed by atoms with Crippen LogP contribution in [0.25, 0.3) is 0 Å². The van der Waals surface area contributed by atoms with Gasteiger partial charge >= 0.3 is 0 Å². The van der Waals surface area contributed by atoms with Crippen LogP contribution in [-0.4, -0.2) is 49.1 Å². The minimum Gasteiger partial charge on any atom is -0.369 e. The molecule has 188 valence electrons. The largest absolute Gasteiger partial charge is 0.369 e. The van der Waals surface area contributed by atoms with Gasteiger partial charge in [-0.1, -0.05) is 84.9 Å². The van der Waals surface area contributed by atoms with Gasteiger partial charge in [-0.2, -0.15) is 4.31 Å². The van der Waals surface area contributed by atoms with E-state index in [2.05, 4.69) is 4.99 Å². The highest BCUT2D eigenvalue weighted by molar-refractivity contribution is 7.89. The summed E-state index contributed by atoms with van der Waals surface area (Å²) < 4.78 is 27.1. The second-order valence-electron chi connectivity index (χ2n) is 9.14. The number of rotatable bonds is 5. The van der Waals surface area contributed by atoms with Crippen molar-refractivity contribution in [3.8, 4) is 0 Å². The first-order valence-electron chi connectivity index (χ1n) is 12.1. The molecule has 7 nitrogen and oxygen atoms in total. The van der Waals surface area contributed by atoms with Crippen LogP contribution in [0.1, 0.15) is 25.3 Å². The van der Waals surface area contributed by atoms with E-state index in [1.54, 1.807) is 42.2 Å². The number of guanidine groups is 1. The molecule has 0 radical (unpaired) electrons. The summed E-state index contributed by atoms with van der Waals surface area (Å²) in [6.45, 7) is 3.09. The molecule has 1 amide bonds. The molecule has 0 aromatic heterocycles. The van der Waals surface area contributed by atoms with Gasteiger partial charge in [0.2, 0.25) is 10.0 Å². The SMILES string of the molecule is CC1(c2ccccc2)N=C(N)N(CC2CCN(S(=O)(=O)c3ccccc3)CC2)C1=O.c1ccccc1. The van der Waals surface area contributed by atoms with E-state index in [9.17, 15) is 13.2 Å². The molecule has 1 saturated heterocycles. The Labute approximate surface area is 213 Å². The predicted molar refractivity (Wildman–Crippen MR) is 141 cm³/mol. The van der Waals surface area contributed by atoms with Crippen molar-refractivity contribution in [3.05, 3.63) is 103 Å². The third-order valence-corrected chi connectivity index (χ3v) is 8.59. The fourth-order valence-electron chi connectivity index (χ4n) is 4.55. The molecule has 36 heavy (non-hydrogen) atoms. The van der Waals surface area contributed by atoms with Gasteiger partial charge < -0.3 is 5.73 Å². The Balaban J connectivity index is 0.000000445. The van der Waals surface area contributed by atoms with E-state index in [1.807, 2.05) is 66.7 Å². The van der Waals surface area contributed by atoms with Crippen LogP contribution in [0, 0.1) is 5.92 Å². The molecule has 2 N–H and O–H groups in total. The van der Waals surface area contributed by atoms with Crippen molar-refractivity contribution < 1.29 is 13.2 Å². The fourth-order valence-corrected chi connectivity index (χ4v) is 6.04. The van der Waals surface area contributed by atoms with Gasteiger partial charge in [0.15, 0.2) is 11.5 Å². The molecule has 2 aliphatic heterocycles. The zero-order valence-corrected chi connectivity index (χ0v) is 21.2. The number of sulfonamides is 1. The molecular weight excluding hydrogens is 472 g/mol. The molecule has 0 aliphatic carbocycles. The maximum Gasteiger partial charge on any atom is 0.261 e. The van der Waals surface area contributed by atoms with Crippen LogP contribution in [0.5, 0.6) is 0 Å². The van der Waals surface area contributed by atoms with Gasteiger partial charge in [-0.15, -0.1) is 0 Å². The number of nitrogens with two attached hydrogens (primary N) is 1. The monoisotopic (exact) mass is 504 g/mol. The van der Waals surface area contributed by atoms with Gasteiger partial charge in [-0.05, 0) is 43.4 Å². The summed E-state index contributed by atoms with van der Waals surface area (Å²) in [4.78, 5) is 19.5. The average Bonchev–Trinajstić information content (AvgIpc) is 3.15. The normalized spacial score (nSPS) is 21.0. The maximum absolute atomic E-state index is 13.1. The van der Waals surface area contributed by atoms with Crippen molar-refractivity contribution in [2.24, 2.45) is 16.6 Å². The topological polar surface area (TPSA) is 96.1 Å². The first kappa shape index (κ1) is 25.6. The van der Waals surface area contributed by atoms with E-state index in [4.69, 9.17) is 5.73 Å². The van der Waals surface area contributed by atoms with Crippen LogP contribution in [-0.2, 0) is 20.4 Å². The van der Waals surface area contributed by atoms with E-state index in [0.29, 0.717) is 37.4 Å². The fraction of sp³-hybridized carbons (Fsp3) is 0.286. The molecular formula is C28H32N4O3S. The highest BCUT2D eigenvalue weighted by Gasteiger charge is 2.46. The number of aliphatic imine (C=N–C) groups is 1. The zero-order valence-electron chi connectivity index (χ0n) is 20.4. The number of benzene rings is 3. The quantitative estimate of drug-likeness (QED) is 0.571. The van der Waals surface area contributed by atoms with Crippen LogP contribution in [0.3, 0.4) is 0 Å². The average molecular weight is 505 g/mol. The number of carbonyl (C=O) groups is 1. The Morgan fingerprint density at radius 1 is 0.861 bits per heavy atom. The van der Waals surface area contributed by atoms with Crippen LogP contribution < -0.4 is 5.73 Å². The Kier molecular flexibility index (Phi) is 7.86. The smallest absolute Gasteiger partial charge is 0.261 e. The summed E-state index contributed by atoms with van der Waals surface area (Å²) in [5.41, 5.74) is 5.92. The van der Waals surface area contributed by atoms with Crippen LogP contribution in [0.2, 0.25) is 0 Å². The minimum absolute atomic E-state index is 0.134. The van der Waals surface area contributed by atoms with E-state index in [0.717, 1.165) is 5.56 Å². The second kappa shape index (κ2) is 11.1. The van der Waals surface area contributed by atoms with Gasteiger partial charge in [0.1, 0.15) is 0 Å². The summed E-state index contributed by atoms with van der Waals surface area (Å²) in [5.74, 6) is 0.263. The number of carbonyl (C=O) groups excluding carboxylic acids is 1. The van der Waals surface area contributed by atoms with Gasteiger partial charge in [0.25, 0.3) is 5.91 Å². The molecule has 1 unspecified atom stereocenters. The van der Waals surface area contributed by atoms with Crippen molar-refractivity contribution in [1.29, 1.82) is 0 Å². The van der Waals surface area contributed by atoms with Gasteiger partial charge in [-0.3, -0.25) is 9.69 Å². The van der Waals surface area contributed by atoms with Crippen molar-refractivity contribution in [2.75, 3.05) is 19.6 Å². The van der Waals surface area contributed by atoms with E-state index >= 15 is 0 Å². The molecule has 3 aromatic carbocycles. The first-order chi connectivity index (χ1) is 17.3. The Bertz CT molecular complexity index is 1250. The summed E-state index contributed by atoms with van der Waals surface area (Å²) in [6, 6.07) is 29.9. The zero-order chi connectivity index (χ0) is 25.6. The lowest BCUT2D eigenvalue weighted by molar-refractivity contribution is -0.131. The molecule has 1 atom stereocenters. The van der Waals surface area contributed by atoms with Crippen molar-refractivity contribution in [3.63, 3.8) is 0 Å². The lowest BCUT2D eigenvalue weighted by Crippen LogP contribution is -2.47. The molecule has 1 fully saturated rings. The highest BCUT2D eigenvalue weighted by atomic mass is 32.2. The summed E-state index contributed by atoms with van der Waals surface area (Å²) >= 11 is 0. The molecule has 0 spiro atoms. The minimum atomic E-state index is -3.48. The van der Waals surface area contributed by atoms with Crippen molar-refractivity contribution in [2.45, 2.75) is 30.2 Å². The molecule has 5 rings (SSSR count). The number of amides is 1. The number of hydrogen-bond donors (Lipinski definition) is 1. The standard InChI is InChI=1S/C22H26N4O3S.C6H6/c1-22(18-8-4-2-5-9-18)20(27)26(21(23)24-22)16-17-12-14-25(15-13-17)30(28,29)19-10-6-3-7-11-19;1-2-4-6-5-3-1/h2-11,17H,12-16H2,1H3,(H2,23,24);1-6H. The number of piperidine rings is 1. The van der Waals surface area contributed by atoms with Gasteiger partial charge in [-0.25, -0.2) is 13.4 Å². The maximum atomic E-state index is 13.1. The number of nitrogens with zero attached hydrogens (tertiary/aromatic N) is 3. The van der Waals surface area contributed by atoms with Crippen LogP contribution >= 0.6 is 0 Å². The molecule has 0 bridgehead atoms. The Morgan fingerprint density at radius 2 is 1.33 bits per heavy atom. The molecule has 2 heterocycles. The number of hydrogen-bond acceptors (Lipinski definition) is 5. The van der Waals surface area contributed by atoms with E-state index in [1.165, 1.54) is 4.31 Å². The lowest BCUT2D eigenvalue weighted by Gasteiger charge is -2.33. The van der Waals surface area contributed by atoms with Crippen molar-refractivity contribution in [1.82, 2.24) is 9.21 Å². The van der Waals surface area contributed by atoms with Crippen LogP contribution in [0.15, 0.2) is 107 Å². The third-order valence-electron chi connectivity index (χ3n) is 6.67. The first-order valence-corrected chi connectivity index (χ1v) is 13.5. The summed E-state index contributed by atoms with van der Waals surface area (Å²) in [7, 11) is -3.48. The van der Waals surface area contributed by atoms with Gasteiger partial charge in [0.05, 0.1) is 4.90 Å². The summed E-state index contributed by atoms with van der Waals surface area (Å²) in [5, 5.41) is 0. The van der Waals surface area contributed by atoms with Gasteiger partial charge in [0, 0.05) is 19.6 Å². The Hall–Kier alpha value is -3.49. The van der Waals surface area contributed by atoms with E-state index in [-0.39, 0.29) is 17.8 Å². The Morgan fingerprint density at radius 3 is 1.86 bits per heavy atom. The molecule has 8 heteroatoms. The second-order valence-corrected chi connectivity index (χ2v) is 11.1. The molecule has 0 saturated carbocycles. The molecule has 2 aliphatic rings. The van der Waals surface area contributed by atoms with Crippen LogP contribution in [0.4, 0.5) is 0 Å². The van der Waals surface area contributed by atoms with Crippen molar-refractivity contribution >= 4 is 21.9 Å². The lowest BCUT2D eigenvalue weighted by atomic mass is 9.91. The highest BCUT2D eigenvalue weighted by Crippen LogP contribution is 2.34. The summed E-state index contributed by atoms with van der Waals surface area (Å²) in [6.07, 6.45) is 1.34. The molecule has 3 aromatic rings. The predicted octanol–water partition coefficient (Wildman–Crippen LogP) is 3.85.